The number of rotatable bonds is 4. The number of guanidine groups is 1. The maximum Gasteiger partial charge on any atom is 0.205 e. The van der Waals surface area contributed by atoms with Crippen LogP contribution < -0.4 is 16.6 Å². The van der Waals surface area contributed by atoms with Gasteiger partial charge in [-0.2, -0.15) is 0 Å². The van der Waals surface area contributed by atoms with Crippen LogP contribution in [0.15, 0.2) is 4.99 Å². The van der Waals surface area contributed by atoms with Crippen LogP contribution in [0.2, 0.25) is 0 Å². The van der Waals surface area contributed by atoms with E-state index in [-0.39, 0.29) is 0 Å². The lowest BCUT2D eigenvalue weighted by Crippen LogP contribution is -2.51. The first-order valence-electron chi connectivity index (χ1n) is 7.32. The molecule has 0 aromatic heterocycles. The fraction of sp³-hybridized carbons (Fsp3) is 0.929. The van der Waals surface area contributed by atoms with Gasteiger partial charge >= 0.3 is 0 Å². The van der Waals surface area contributed by atoms with Gasteiger partial charge in [0.1, 0.15) is 0 Å². The molecule has 1 fully saturated rings. The van der Waals surface area contributed by atoms with Crippen molar-refractivity contribution in [1.29, 1.82) is 0 Å². The van der Waals surface area contributed by atoms with Crippen molar-refractivity contribution >= 4 is 5.96 Å². The molecule has 0 heterocycles. The van der Waals surface area contributed by atoms with Crippen LogP contribution in [0.3, 0.4) is 0 Å². The quantitative estimate of drug-likeness (QED) is 0.312. The van der Waals surface area contributed by atoms with Gasteiger partial charge in [-0.25, -0.2) is 5.84 Å². The van der Waals surface area contributed by atoms with E-state index in [2.05, 4.69) is 43.4 Å². The monoisotopic (exact) mass is 254 g/mol. The molecule has 2 atom stereocenters. The highest BCUT2D eigenvalue weighted by atomic mass is 15.3. The maximum atomic E-state index is 5.55. The largest absolute Gasteiger partial charge is 0.352 e. The van der Waals surface area contributed by atoms with E-state index < -0.39 is 0 Å². The summed E-state index contributed by atoms with van der Waals surface area (Å²) in [6.07, 6.45) is 5.21. The number of hydrogen-bond donors (Lipinski definition) is 3. The van der Waals surface area contributed by atoms with Crippen LogP contribution in [0.4, 0.5) is 0 Å². The highest BCUT2D eigenvalue weighted by Gasteiger charge is 2.27. The van der Waals surface area contributed by atoms with Gasteiger partial charge in [-0.05, 0) is 30.6 Å². The number of hydrogen-bond acceptors (Lipinski definition) is 2. The second kappa shape index (κ2) is 7.62. The zero-order valence-electron chi connectivity index (χ0n) is 12.4. The molecule has 0 aromatic rings. The van der Waals surface area contributed by atoms with Crippen LogP contribution in [0.25, 0.3) is 0 Å². The number of nitrogens with two attached hydrogens (primary N) is 1. The molecular weight excluding hydrogens is 224 g/mol. The third kappa shape index (κ3) is 4.84. The minimum atomic E-state index is 0.515. The Balaban J connectivity index is 2.58. The molecule has 1 rings (SSSR count). The zero-order valence-corrected chi connectivity index (χ0v) is 12.4. The Morgan fingerprint density at radius 3 is 2.44 bits per heavy atom. The lowest BCUT2D eigenvalue weighted by Gasteiger charge is -2.35. The van der Waals surface area contributed by atoms with Crippen molar-refractivity contribution in [2.45, 2.75) is 59.4 Å². The summed E-state index contributed by atoms with van der Waals surface area (Å²) >= 11 is 0. The molecule has 106 valence electrons. The van der Waals surface area contributed by atoms with E-state index in [1.807, 2.05) is 0 Å². The predicted molar refractivity (Wildman–Crippen MR) is 78.2 cm³/mol. The number of aliphatic imine (C=N–C) groups is 1. The third-order valence-electron chi connectivity index (χ3n) is 3.75. The van der Waals surface area contributed by atoms with Crippen molar-refractivity contribution in [2.75, 3.05) is 6.54 Å². The van der Waals surface area contributed by atoms with Gasteiger partial charge in [-0.3, -0.25) is 10.4 Å². The molecular formula is C14H30N4. The van der Waals surface area contributed by atoms with Crippen molar-refractivity contribution < 1.29 is 0 Å². The van der Waals surface area contributed by atoms with E-state index >= 15 is 0 Å². The summed E-state index contributed by atoms with van der Waals surface area (Å²) in [6.45, 7) is 9.76. The van der Waals surface area contributed by atoms with Crippen LogP contribution in [-0.2, 0) is 0 Å². The van der Waals surface area contributed by atoms with E-state index in [4.69, 9.17) is 5.84 Å². The second-order valence-corrected chi connectivity index (χ2v) is 6.17. The lowest BCUT2D eigenvalue weighted by atomic mass is 9.78. The lowest BCUT2D eigenvalue weighted by molar-refractivity contribution is 0.223. The molecule has 0 amide bonds. The molecule has 1 aliphatic carbocycles. The molecule has 1 aliphatic rings. The molecule has 0 radical (unpaired) electrons. The van der Waals surface area contributed by atoms with Gasteiger partial charge in [-0.1, -0.05) is 40.5 Å². The summed E-state index contributed by atoms with van der Waals surface area (Å²) in [4.78, 5) is 4.50. The molecule has 0 spiro atoms. The Morgan fingerprint density at radius 1 is 1.22 bits per heavy atom. The van der Waals surface area contributed by atoms with Crippen molar-refractivity contribution in [1.82, 2.24) is 10.7 Å². The summed E-state index contributed by atoms with van der Waals surface area (Å²) in [7, 11) is 0. The first-order chi connectivity index (χ1) is 8.54. The van der Waals surface area contributed by atoms with Crippen molar-refractivity contribution in [2.24, 2.45) is 28.6 Å². The molecule has 4 heteroatoms. The summed E-state index contributed by atoms with van der Waals surface area (Å²) in [5, 5.41) is 3.51. The SMILES string of the molecule is CC(C)CN=C(NN)NC1CCCCC1C(C)C. The van der Waals surface area contributed by atoms with Crippen LogP contribution in [-0.4, -0.2) is 18.5 Å². The topological polar surface area (TPSA) is 62.4 Å². The molecule has 18 heavy (non-hydrogen) atoms. The van der Waals surface area contributed by atoms with Crippen LogP contribution in [0, 0.1) is 17.8 Å². The van der Waals surface area contributed by atoms with Crippen LogP contribution in [0.5, 0.6) is 0 Å². The fourth-order valence-corrected chi connectivity index (χ4v) is 2.72. The molecule has 0 aliphatic heterocycles. The van der Waals surface area contributed by atoms with Crippen molar-refractivity contribution in [3.05, 3.63) is 0 Å². The van der Waals surface area contributed by atoms with E-state index in [9.17, 15) is 0 Å². The Labute approximate surface area is 112 Å². The van der Waals surface area contributed by atoms with Gasteiger partial charge in [0.15, 0.2) is 0 Å². The minimum Gasteiger partial charge on any atom is -0.352 e. The Kier molecular flexibility index (Phi) is 6.47. The van der Waals surface area contributed by atoms with Crippen LogP contribution in [0.1, 0.15) is 53.4 Å². The molecule has 1 saturated carbocycles. The average Bonchev–Trinajstić information content (AvgIpc) is 2.34. The van der Waals surface area contributed by atoms with Gasteiger partial charge in [-0.15, -0.1) is 0 Å². The number of nitrogens with zero attached hydrogens (tertiary/aromatic N) is 1. The standard InChI is InChI=1S/C14H30N4/c1-10(2)9-16-14(18-15)17-13-8-6-5-7-12(13)11(3)4/h10-13H,5-9,15H2,1-4H3,(H2,16,17,18). The minimum absolute atomic E-state index is 0.515. The molecule has 0 saturated heterocycles. The molecule has 2 unspecified atom stereocenters. The smallest absolute Gasteiger partial charge is 0.205 e. The van der Waals surface area contributed by atoms with Gasteiger partial charge in [0, 0.05) is 12.6 Å². The average molecular weight is 254 g/mol. The van der Waals surface area contributed by atoms with Crippen LogP contribution >= 0.6 is 0 Å². The number of nitrogens with one attached hydrogen (secondary N) is 2. The molecule has 4 nitrogen and oxygen atoms in total. The summed E-state index contributed by atoms with van der Waals surface area (Å²) in [5.74, 6) is 8.31. The van der Waals surface area contributed by atoms with Gasteiger partial charge < -0.3 is 5.32 Å². The van der Waals surface area contributed by atoms with Crippen molar-refractivity contribution in [3.63, 3.8) is 0 Å². The first-order valence-corrected chi connectivity index (χ1v) is 7.32. The van der Waals surface area contributed by atoms with Gasteiger partial charge in [0.2, 0.25) is 5.96 Å². The maximum absolute atomic E-state index is 5.55. The van der Waals surface area contributed by atoms with E-state index in [0.29, 0.717) is 17.9 Å². The summed E-state index contributed by atoms with van der Waals surface area (Å²) in [5.41, 5.74) is 2.70. The van der Waals surface area contributed by atoms with E-state index in [1.54, 1.807) is 0 Å². The van der Waals surface area contributed by atoms with Gasteiger partial charge in [0.25, 0.3) is 0 Å². The summed E-state index contributed by atoms with van der Waals surface area (Å²) in [6, 6.07) is 0.515. The Bertz CT molecular complexity index is 261. The molecule has 4 N–H and O–H groups in total. The Hall–Kier alpha value is -0.770. The number of hydrazine groups is 1. The highest BCUT2D eigenvalue weighted by molar-refractivity contribution is 5.79. The van der Waals surface area contributed by atoms with E-state index in [0.717, 1.165) is 18.4 Å². The second-order valence-electron chi connectivity index (χ2n) is 6.17. The normalized spacial score (nSPS) is 25.6. The molecule has 0 bridgehead atoms. The Morgan fingerprint density at radius 2 is 1.89 bits per heavy atom. The third-order valence-corrected chi connectivity index (χ3v) is 3.75. The van der Waals surface area contributed by atoms with E-state index in [1.165, 1.54) is 25.7 Å². The molecule has 0 aromatic carbocycles. The highest BCUT2D eigenvalue weighted by Crippen LogP contribution is 2.30. The summed E-state index contributed by atoms with van der Waals surface area (Å²) < 4.78 is 0. The van der Waals surface area contributed by atoms with Gasteiger partial charge in [0.05, 0.1) is 0 Å². The fourth-order valence-electron chi connectivity index (χ4n) is 2.72. The zero-order chi connectivity index (χ0) is 13.5. The first kappa shape index (κ1) is 15.3. The van der Waals surface area contributed by atoms with Crippen molar-refractivity contribution in [3.8, 4) is 0 Å². The predicted octanol–water partition coefficient (Wildman–Crippen LogP) is 2.27.